The van der Waals surface area contributed by atoms with Gasteiger partial charge in [0.15, 0.2) is 17.3 Å². The van der Waals surface area contributed by atoms with E-state index in [1.54, 1.807) is 62.4 Å². The number of carbonyl (C=O) groups is 4. The molecule has 1 radical (unpaired) electrons. The van der Waals surface area contributed by atoms with Gasteiger partial charge in [0.2, 0.25) is 28.9 Å². The first kappa shape index (κ1) is 33.2. The second-order valence-electron chi connectivity index (χ2n) is 9.85. The van der Waals surface area contributed by atoms with Crippen molar-refractivity contribution in [1.82, 2.24) is 0 Å². The van der Waals surface area contributed by atoms with Crippen molar-refractivity contribution >= 4 is 44.8 Å². The monoisotopic (exact) mass is 711 g/mol. The van der Waals surface area contributed by atoms with Gasteiger partial charge in [-0.15, -0.1) is 6.42 Å². The number of ether oxygens (including phenoxy) is 4. The largest absolute Gasteiger partial charge is 0.506 e. The van der Waals surface area contributed by atoms with Crippen LogP contribution in [0.25, 0.3) is 5.76 Å². The molecule has 1 N–H and O–H groups in total. The molecule has 2 saturated heterocycles. The number of carbonyl (C=O) groups excluding carboxylic acids is 4. The molecule has 0 unspecified atom stereocenters. The van der Waals surface area contributed by atoms with E-state index in [0.29, 0.717) is 48.9 Å². The Balaban J connectivity index is 0.000000166. The first-order valence-corrected chi connectivity index (χ1v) is 13.9. The fraction of sp³-hybridized carbons (Fsp3) is 0.250. The summed E-state index contributed by atoms with van der Waals surface area (Å²) in [6.45, 7) is 5.57. The van der Waals surface area contributed by atoms with Crippen LogP contribution >= 0.6 is 15.9 Å². The van der Waals surface area contributed by atoms with E-state index in [2.05, 4.69) is 21.9 Å². The third-order valence-corrected chi connectivity index (χ3v) is 7.76. The van der Waals surface area contributed by atoms with Gasteiger partial charge in [-0.2, -0.15) is 0 Å². The molecule has 0 saturated carbocycles. The van der Waals surface area contributed by atoms with Gasteiger partial charge < -0.3 is 28.5 Å². The zero-order chi connectivity index (χ0) is 30.9. The van der Waals surface area contributed by atoms with Crippen molar-refractivity contribution in [1.29, 1.82) is 0 Å². The van der Waals surface area contributed by atoms with Crippen molar-refractivity contribution in [2.45, 2.75) is 25.4 Å². The van der Waals surface area contributed by atoms with Crippen LogP contribution in [0.4, 0.5) is 0 Å². The Hall–Kier alpha value is -3.66. The summed E-state index contributed by atoms with van der Waals surface area (Å²) in [5.41, 5.74) is 1.69. The summed E-state index contributed by atoms with van der Waals surface area (Å²) < 4.78 is 26.6. The molecule has 0 atom stereocenters. The number of furan rings is 1. The Morgan fingerprint density at radius 2 is 1.20 bits per heavy atom. The molecule has 4 aliphatic rings. The molecule has 231 valence electrons. The van der Waals surface area contributed by atoms with Crippen LogP contribution < -0.4 is 0 Å². The number of benzene rings is 2. The number of ketones is 4. The summed E-state index contributed by atoms with van der Waals surface area (Å²) >= 11 is 2.89. The van der Waals surface area contributed by atoms with E-state index in [0.717, 1.165) is 0 Å². The molecule has 2 aliphatic heterocycles. The van der Waals surface area contributed by atoms with Crippen molar-refractivity contribution < 1.29 is 64.7 Å². The standard InChI is InChI=1S/C16H12O5.C10H5BrO3.C6H8O2.Cu/c1-16(19-6-7-20-16)12-8-11-13(17)9-4-2-3-5-10(9)14(18)15(11)21-12;11-7-8(12)5-3-1-2-4-6(5)9(13)10(7)14;1-3-6(2)7-4-5-8-6;/h2-5,8H,6-7H2,1H3;1-4,12H;1H,4-5H2,2H3;. The van der Waals surface area contributed by atoms with Crippen LogP contribution in [0.5, 0.6) is 0 Å². The van der Waals surface area contributed by atoms with E-state index in [4.69, 9.17) is 29.8 Å². The second-order valence-corrected chi connectivity index (χ2v) is 10.6. The fourth-order valence-electron chi connectivity index (χ4n) is 4.69. The van der Waals surface area contributed by atoms with Crippen LogP contribution in [0.1, 0.15) is 67.6 Å². The molecule has 0 spiro atoms. The first-order chi connectivity index (χ1) is 20.5. The van der Waals surface area contributed by atoms with E-state index in [1.165, 1.54) is 6.07 Å². The van der Waals surface area contributed by atoms with E-state index in [9.17, 15) is 24.3 Å². The predicted octanol–water partition coefficient (Wildman–Crippen LogP) is 4.73. The average molecular weight is 713 g/mol. The fourth-order valence-corrected chi connectivity index (χ4v) is 5.08. The van der Waals surface area contributed by atoms with Crippen LogP contribution in [0, 0.1) is 12.3 Å². The molecule has 0 bridgehead atoms. The number of halogens is 1. The van der Waals surface area contributed by atoms with Crippen molar-refractivity contribution in [2.75, 3.05) is 26.4 Å². The Bertz CT molecular complexity index is 1670. The quantitative estimate of drug-likeness (QED) is 0.168. The number of aliphatic hydroxyl groups excluding tert-OH is 1. The number of hydrogen-bond donors (Lipinski definition) is 1. The Morgan fingerprint density at radius 3 is 1.73 bits per heavy atom. The molecule has 3 heterocycles. The normalized spacial score (nSPS) is 18.9. The van der Waals surface area contributed by atoms with Gasteiger partial charge in [-0.05, 0) is 34.8 Å². The van der Waals surface area contributed by atoms with E-state index < -0.39 is 23.1 Å². The van der Waals surface area contributed by atoms with Crippen LogP contribution in [0.2, 0.25) is 0 Å². The molecule has 10 nitrogen and oxygen atoms in total. The molecule has 1 aromatic heterocycles. The Kier molecular flexibility index (Phi) is 9.93. The first-order valence-electron chi connectivity index (χ1n) is 13.1. The molecule has 2 aromatic carbocycles. The topological polar surface area (TPSA) is 139 Å². The summed E-state index contributed by atoms with van der Waals surface area (Å²) in [5.74, 6) is -0.938. The average Bonchev–Trinajstić information content (AvgIpc) is 3.79. The molecule has 7 rings (SSSR count). The van der Waals surface area contributed by atoms with Gasteiger partial charge in [-0.3, -0.25) is 19.2 Å². The van der Waals surface area contributed by atoms with E-state index in [1.807, 2.05) is 0 Å². The van der Waals surface area contributed by atoms with Crippen molar-refractivity contribution in [3.8, 4) is 12.3 Å². The summed E-state index contributed by atoms with van der Waals surface area (Å²) in [5, 5.41) is 9.58. The number of hydrogen-bond acceptors (Lipinski definition) is 10. The van der Waals surface area contributed by atoms with Crippen LogP contribution in [0.15, 0.2) is 63.5 Å². The smallest absolute Gasteiger partial charge is 0.244 e. The Labute approximate surface area is 271 Å². The van der Waals surface area contributed by atoms with E-state index >= 15 is 0 Å². The minimum absolute atomic E-state index is 0. The van der Waals surface area contributed by atoms with Gasteiger partial charge in [0.25, 0.3) is 0 Å². The molecule has 44 heavy (non-hydrogen) atoms. The number of rotatable bonds is 1. The number of Topliss-reactive ketones (excluding diaryl/α,β-unsaturated/α-hetero) is 2. The van der Waals surface area contributed by atoms with Gasteiger partial charge in [-0.25, -0.2) is 0 Å². The van der Waals surface area contributed by atoms with Crippen LogP contribution in [-0.4, -0.2) is 60.5 Å². The third-order valence-electron chi connectivity index (χ3n) is 7.03. The third kappa shape index (κ3) is 6.14. The second kappa shape index (κ2) is 13.1. The van der Waals surface area contributed by atoms with Crippen LogP contribution in [0.3, 0.4) is 0 Å². The van der Waals surface area contributed by atoms with Gasteiger partial charge in [-0.1, -0.05) is 48.5 Å². The molecule has 0 amide bonds. The van der Waals surface area contributed by atoms with Crippen molar-refractivity contribution in [3.05, 3.63) is 98.4 Å². The predicted molar refractivity (Wildman–Crippen MR) is 155 cm³/mol. The van der Waals surface area contributed by atoms with Gasteiger partial charge >= 0.3 is 0 Å². The number of aliphatic hydroxyl groups is 1. The molecule has 3 aromatic rings. The summed E-state index contributed by atoms with van der Waals surface area (Å²) in [6, 6.07) is 14.7. The molecular formula is C32H25BrCuO10. The summed E-state index contributed by atoms with van der Waals surface area (Å²) in [4.78, 5) is 47.7. The van der Waals surface area contributed by atoms with Crippen molar-refractivity contribution in [2.24, 2.45) is 0 Å². The SMILES string of the molecule is C#CC1(C)OCCO1.CC1(c2cc3c(o2)C(=O)c2ccccc2C3=O)OCCO1.O=C1C(=O)c2ccccc2C(O)=C1Br.[Cu]. The maximum absolute atomic E-state index is 12.5. The molecule has 12 heteroatoms. The zero-order valence-electron chi connectivity index (χ0n) is 23.4. The molecular weight excluding hydrogens is 688 g/mol. The maximum atomic E-state index is 12.5. The summed E-state index contributed by atoms with van der Waals surface area (Å²) in [7, 11) is 0. The van der Waals surface area contributed by atoms with Gasteiger partial charge in [0, 0.05) is 46.2 Å². The van der Waals surface area contributed by atoms with Crippen LogP contribution in [-0.2, 0) is 46.6 Å². The summed E-state index contributed by atoms with van der Waals surface area (Å²) in [6.07, 6.45) is 5.07. The maximum Gasteiger partial charge on any atom is 0.244 e. The van der Waals surface area contributed by atoms with Gasteiger partial charge in [0.1, 0.15) is 10.2 Å². The zero-order valence-corrected chi connectivity index (χ0v) is 25.9. The number of allylic oxidation sites excluding steroid dienone is 1. The minimum Gasteiger partial charge on any atom is -0.506 e. The van der Waals surface area contributed by atoms with E-state index in [-0.39, 0.29) is 55.8 Å². The molecule has 2 fully saturated rings. The number of terminal acetylenes is 1. The van der Waals surface area contributed by atoms with Crippen molar-refractivity contribution in [3.63, 3.8) is 0 Å². The number of fused-ring (bicyclic) bond motifs is 3. The van der Waals surface area contributed by atoms with Gasteiger partial charge in [0.05, 0.1) is 32.0 Å². The molecule has 2 aliphatic carbocycles. The Morgan fingerprint density at radius 1 is 0.727 bits per heavy atom. The minimum atomic E-state index is -1.04.